The number of aliphatic hydroxyl groups excluding tert-OH is 1. The lowest BCUT2D eigenvalue weighted by atomic mass is 10.1. The topological polar surface area (TPSA) is 115 Å². The number of urea groups is 1. The van der Waals surface area contributed by atoms with Gasteiger partial charge in [-0.2, -0.15) is 10.1 Å². The Morgan fingerprint density at radius 2 is 2.14 bits per heavy atom. The third kappa shape index (κ3) is 8.53. The van der Waals surface area contributed by atoms with Crippen LogP contribution < -0.4 is 21.0 Å². The second-order valence-corrected chi connectivity index (χ2v) is 8.10. The van der Waals surface area contributed by atoms with E-state index in [1.807, 2.05) is 19.9 Å². The van der Waals surface area contributed by atoms with Crippen molar-refractivity contribution >= 4 is 47.2 Å². The Balaban J connectivity index is 2.04. The third-order valence-electron chi connectivity index (χ3n) is 4.65. The largest absolute Gasteiger partial charge is 0.394 e. The number of carbonyl (C=O) groups excluding carboxylic acids is 1. The van der Waals surface area contributed by atoms with E-state index < -0.39 is 12.1 Å². The van der Waals surface area contributed by atoms with Gasteiger partial charge in [-0.1, -0.05) is 54.6 Å². The van der Waals surface area contributed by atoms with Gasteiger partial charge in [-0.25, -0.2) is 14.8 Å². The lowest BCUT2D eigenvalue weighted by molar-refractivity contribution is 0.218. The first-order valence-electron chi connectivity index (χ1n) is 10.9. The van der Waals surface area contributed by atoms with Crippen molar-refractivity contribution in [3.8, 4) is 0 Å². The number of nitrogens with zero attached hydrogens (tertiary/aromatic N) is 4. The van der Waals surface area contributed by atoms with Gasteiger partial charge in [0.25, 0.3) is 0 Å². The van der Waals surface area contributed by atoms with Crippen LogP contribution in [0.15, 0.2) is 83.9 Å². The second-order valence-electron chi connectivity index (χ2n) is 7.26. The van der Waals surface area contributed by atoms with E-state index in [-0.39, 0.29) is 13.2 Å². The van der Waals surface area contributed by atoms with Gasteiger partial charge in [-0.3, -0.25) is 0 Å². The molecule has 0 radical (unpaired) electrons. The molecule has 2 amide bonds. The zero-order valence-electron chi connectivity index (χ0n) is 20.1. The zero-order valence-corrected chi connectivity index (χ0v) is 21.6. The summed E-state index contributed by atoms with van der Waals surface area (Å²) < 4.78 is 0. The molecule has 190 valence electrons. The molecule has 0 saturated heterocycles. The number of hydrazone groups is 1. The number of carbonyl (C=O) groups is 1. The Kier molecular flexibility index (Phi) is 11.6. The highest BCUT2D eigenvalue weighted by molar-refractivity contribution is 6.31. The highest BCUT2D eigenvalue weighted by atomic mass is 35.5. The molecule has 1 aromatic carbocycles. The van der Waals surface area contributed by atoms with Crippen molar-refractivity contribution in [2.45, 2.75) is 19.9 Å². The van der Waals surface area contributed by atoms with E-state index in [0.29, 0.717) is 33.1 Å². The highest BCUT2D eigenvalue weighted by Crippen LogP contribution is 2.21. The van der Waals surface area contributed by atoms with Gasteiger partial charge in [0.15, 0.2) is 5.82 Å². The summed E-state index contributed by atoms with van der Waals surface area (Å²) in [6, 6.07) is 5.84. The molecule has 1 atom stereocenters. The summed E-state index contributed by atoms with van der Waals surface area (Å²) >= 11 is 12.2. The molecule has 0 bridgehead atoms. The summed E-state index contributed by atoms with van der Waals surface area (Å²) in [5, 5.41) is 24.8. The van der Waals surface area contributed by atoms with Crippen LogP contribution in [0.4, 0.5) is 16.6 Å². The van der Waals surface area contributed by atoms with E-state index in [1.54, 1.807) is 36.5 Å². The molecule has 0 aliphatic carbocycles. The van der Waals surface area contributed by atoms with Gasteiger partial charge >= 0.3 is 6.03 Å². The number of halogens is 2. The number of aromatic nitrogens is 2. The molecule has 0 unspecified atom stereocenters. The average Bonchev–Trinajstić information content (AvgIpc) is 2.87. The van der Waals surface area contributed by atoms with Crippen LogP contribution in [0.3, 0.4) is 0 Å². The van der Waals surface area contributed by atoms with E-state index in [4.69, 9.17) is 23.2 Å². The summed E-state index contributed by atoms with van der Waals surface area (Å²) in [7, 11) is 0. The van der Waals surface area contributed by atoms with E-state index >= 15 is 0 Å². The van der Waals surface area contributed by atoms with E-state index in [9.17, 15) is 9.90 Å². The van der Waals surface area contributed by atoms with Crippen molar-refractivity contribution in [2.75, 3.05) is 23.5 Å². The minimum Gasteiger partial charge on any atom is -0.394 e. The second kappa shape index (κ2) is 14.7. The number of aliphatic hydroxyl groups is 1. The van der Waals surface area contributed by atoms with E-state index in [1.165, 1.54) is 23.5 Å². The van der Waals surface area contributed by atoms with Crippen molar-refractivity contribution in [1.82, 2.24) is 20.6 Å². The maximum Gasteiger partial charge on any atom is 0.315 e. The first kappa shape index (κ1) is 28.6. The van der Waals surface area contributed by atoms with E-state index in [0.717, 1.165) is 5.56 Å². The van der Waals surface area contributed by atoms with Crippen LogP contribution in [0, 0.1) is 6.92 Å². The van der Waals surface area contributed by atoms with Gasteiger partial charge in [0.05, 0.1) is 29.9 Å². The van der Waals surface area contributed by atoms with Crippen LogP contribution in [-0.4, -0.2) is 40.5 Å². The Hall–Kier alpha value is -3.66. The summed E-state index contributed by atoms with van der Waals surface area (Å²) in [6.07, 6.45) is 9.73. The monoisotopic (exact) mass is 529 g/mol. The van der Waals surface area contributed by atoms with Crippen LogP contribution in [0.5, 0.6) is 0 Å². The fourth-order valence-corrected chi connectivity index (χ4v) is 3.23. The quantitative estimate of drug-likeness (QED) is 0.174. The molecule has 11 heteroatoms. The van der Waals surface area contributed by atoms with Gasteiger partial charge in [-0.05, 0) is 43.7 Å². The fraction of sp³-hybridized carbons (Fsp3) is 0.200. The first-order chi connectivity index (χ1) is 17.3. The van der Waals surface area contributed by atoms with Crippen molar-refractivity contribution in [3.05, 3.63) is 94.9 Å². The first-order valence-corrected chi connectivity index (χ1v) is 11.7. The minimum absolute atomic E-state index is 0.113. The van der Waals surface area contributed by atoms with Crippen molar-refractivity contribution < 1.29 is 9.90 Å². The number of nitrogens with one attached hydrogen (secondary N) is 3. The van der Waals surface area contributed by atoms with Crippen LogP contribution in [0.2, 0.25) is 5.02 Å². The number of aryl methyl sites for hydroxylation is 1. The Labute approximate surface area is 220 Å². The van der Waals surface area contributed by atoms with Crippen molar-refractivity contribution in [2.24, 2.45) is 5.10 Å². The molecule has 9 nitrogen and oxygen atoms in total. The molecule has 36 heavy (non-hydrogen) atoms. The molecule has 1 heterocycles. The predicted molar refractivity (Wildman–Crippen MR) is 147 cm³/mol. The Morgan fingerprint density at radius 1 is 1.36 bits per heavy atom. The SMILES string of the molecule is C=C/C(Cl)=C(\C=C/C)Nc1ncc(C)c(N(C=C)/N=C\CNC(=O)N[C@@H](CO)c2cccc(Cl)c2)n1. The third-order valence-corrected chi connectivity index (χ3v) is 5.24. The van der Waals surface area contributed by atoms with E-state index in [2.05, 4.69) is 44.2 Å². The Bertz CT molecular complexity index is 1160. The fourth-order valence-electron chi connectivity index (χ4n) is 2.93. The molecular formula is C25H29Cl2N7O2. The molecule has 0 fully saturated rings. The minimum atomic E-state index is -0.601. The number of rotatable bonds is 12. The van der Waals surface area contributed by atoms with Gasteiger partial charge in [0, 0.05) is 29.2 Å². The molecule has 2 rings (SSSR count). The molecule has 0 aliphatic rings. The molecule has 4 N–H and O–H groups in total. The molecule has 2 aromatic rings. The van der Waals surface area contributed by atoms with Crippen molar-refractivity contribution in [1.29, 1.82) is 0 Å². The van der Waals surface area contributed by atoms with Crippen LogP contribution in [-0.2, 0) is 0 Å². The zero-order chi connectivity index (χ0) is 26.5. The number of benzene rings is 1. The summed E-state index contributed by atoms with van der Waals surface area (Å²) in [5.74, 6) is 0.790. The number of hydrogen-bond acceptors (Lipinski definition) is 7. The maximum absolute atomic E-state index is 12.3. The standard InChI is InChI=1S/C25H29Cl2N7O2/c1-5-9-21(20(27)6-2)31-24-29-15-17(4)23(33-24)34(7-3)30-13-12-28-25(36)32-22(16-35)18-10-8-11-19(26)14-18/h5-11,13-15,22,35H,2-3,12,16H2,1,4H3,(H2,28,32,36)(H,29,31,33)/b9-5-,21-20-,30-13-/t22-/m0/s1. The number of hydrogen-bond donors (Lipinski definition) is 4. The van der Waals surface area contributed by atoms with Crippen molar-refractivity contribution in [3.63, 3.8) is 0 Å². The number of anilines is 2. The average molecular weight is 530 g/mol. The normalized spacial score (nSPS) is 12.7. The van der Waals surface area contributed by atoms with Crippen LogP contribution in [0.25, 0.3) is 0 Å². The summed E-state index contributed by atoms with van der Waals surface area (Å²) in [5.41, 5.74) is 2.03. The molecule has 0 spiro atoms. The Morgan fingerprint density at radius 3 is 2.78 bits per heavy atom. The number of amides is 2. The molecule has 0 aliphatic heterocycles. The molecule has 0 saturated carbocycles. The molecular weight excluding hydrogens is 501 g/mol. The predicted octanol–water partition coefficient (Wildman–Crippen LogP) is 5.03. The number of allylic oxidation sites excluding steroid dienone is 4. The van der Waals surface area contributed by atoms with Crippen LogP contribution in [0.1, 0.15) is 24.1 Å². The summed E-state index contributed by atoms with van der Waals surface area (Å²) in [4.78, 5) is 21.1. The van der Waals surface area contributed by atoms with Gasteiger partial charge in [0.1, 0.15) is 0 Å². The molecule has 1 aromatic heterocycles. The van der Waals surface area contributed by atoms with Crippen LogP contribution >= 0.6 is 23.2 Å². The summed E-state index contributed by atoms with van der Waals surface area (Å²) in [6.45, 7) is 11.0. The van der Waals surface area contributed by atoms with Gasteiger partial charge < -0.3 is 21.1 Å². The van der Waals surface area contributed by atoms with Gasteiger partial charge in [0.2, 0.25) is 5.95 Å². The van der Waals surface area contributed by atoms with Gasteiger partial charge in [-0.15, -0.1) is 0 Å². The smallest absolute Gasteiger partial charge is 0.315 e. The lowest BCUT2D eigenvalue weighted by Crippen LogP contribution is -2.40. The maximum atomic E-state index is 12.3. The lowest BCUT2D eigenvalue weighted by Gasteiger charge is -2.18. The highest BCUT2D eigenvalue weighted by Gasteiger charge is 2.14.